The highest BCUT2D eigenvalue weighted by atomic mass is 32.1. The zero-order valence-electron chi connectivity index (χ0n) is 29.5. The minimum atomic E-state index is 0.876. The van der Waals surface area contributed by atoms with Crippen LogP contribution in [0.25, 0.3) is 34.7 Å². The molecule has 4 aromatic heterocycles. The highest BCUT2D eigenvalue weighted by molar-refractivity contribution is 7.13. The summed E-state index contributed by atoms with van der Waals surface area (Å²) in [5.74, 6) is 0. The maximum absolute atomic E-state index is 4.86. The highest BCUT2D eigenvalue weighted by Crippen LogP contribution is 2.36. The minimum absolute atomic E-state index is 0.876. The number of aromatic nitrogens is 2. The first kappa shape index (κ1) is 35.4. The molecule has 50 heavy (non-hydrogen) atoms. The first-order valence-corrected chi connectivity index (χ1v) is 20.0. The van der Waals surface area contributed by atoms with E-state index in [-0.39, 0.29) is 0 Å². The Morgan fingerprint density at radius 1 is 0.500 bits per heavy atom. The molecule has 2 aromatic carbocycles. The molecule has 0 N–H and O–H groups in total. The molecule has 0 fully saturated rings. The van der Waals surface area contributed by atoms with Crippen LogP contribution in [-0.4, -0.2) is 9.97 Å². The maximum atomic E-state index is 4.86. The van der Waals surface area contributed by atoms with Gasteiger partial charge in [0.2, 0.25) is 0 Å². The molecule has 0 spiro atoms. The lowest BCUT2D eigenvalue weighted by Crippen LogP contribution is -1.94. The van der Waals surface area contributed by atoms with Gasteiger partial charge >= 0.3 is 0 Å². The summed E-state index contributed by atoms with van der Waals surface area (Å²) >= 11 is 3.84. The Labute approximate surface area is 307 Å². The summed E-state index contributed by atoms with van der Waals surface area (Å²) in [5.41, 5.74) is 8.87. The first-order valence-electron chi connectivity index (χ1n) is 18.3. The molecule has 0 atom stereocenters. The summed E-state index contributed by atoms with van der Waals surface area (Å²) in [5, 5.41) is 0. The van der Waals surface area contributed by atoms with E-state index in [1.54, 1.807) is 0 Å². The number of nitrogens with zero attached hydrogens (tertiary/aromatic N) is 2. The van der Waals surface area contributed by atoms with Gasteiger partial charge in [0.1, 0.15) is 0 Å². The third-order valence-corrected chi connectivity index (χ3v) is 11.4. The normalized spacial score (nSPS) is 12.0. The Morgan fingerprint density at radius 2 is 0.940 bits per heavy atom. The van der Waals surface area contributed by atoms with Crippen molar-refractivity contribution in [3.63, 3.8) is 0 Å². The Kier molecular flexibility index (Phi) is 13.2. The van der Waals surface area contributed by atoms with E-state index in [2.05, 4.69) is 135 Å². The number of rotatable bonds is 17. The molecule has 0 aliphatic rings. The Bertz CT molecular complexity index is 1840. The summed E-state index contributed by atoms with van der Waals surface area (Å²) in [6.07, 6.45) is 21.0. The van der Waals surface area contributed by atoms with E-state index in [9.17, 15) is 0 Å². The summed E-state index contributed by atoms with van der Waals surface area (Å²) in [4.78, 5) is 15.2. The van der Waals surface area contributed by atoms with E-state index < -0.39 is 0 Å². The van der Waals surface area contributed by atoms with Gasteiger partial charge in [0.15, 0.2) is 0 Å². The van der Waals surface area contributed by atoms with Crippen LogP contribution in [0.1, 0.15) is 107 Å². The van der Waals surface area contributed by atoms with Crippen LogP contribution in [0.5, 0.6) is 0 Å². The standard InChI is InChI=1S/C46H48N2S2/c1-3-5-7-15-21-39-23-25-45(49-39)41(31-35-17-11-9-12-18-35)37-27-29-47-43(33-37)44-34-38(28-30-48-44)42(32-36-19-13-10-14-20-36)46-26-24-40(50-46)22-16-8-6-4-2/h9-14,17-20,23-34H,3-8,15-16,21-22H2,1-2H3. The number of benzene rings is 2. The Balaban J connectivity index is 1.33. The van der Waals surface area contributed by atoms with Crippen molar-refractivity contribution in [1.82, 2.24) is 9.97 Å². The predicted molar refractivity (Wildman–Crippen MR) is 219 cm³/mol. The van der Waals surface area contributed by atoms with Crippen molar-refractivity contribution in [2.24, 2.45) is 0 Å². The second-order valence-corrected chi connectivity index (χ2v) is 15.3. The lowest BCUT2D eigenvalue weighted by molar-refractivity contribution is 0.670. The van der Waals surface area contributed by atoms with Crippen molar-refractivity contribution in [2.45, 2.75) is 78.1 Å². The number of hydrogen-bond donors (Lipinski definition) is 0. The van der Waals surface area contributed by atoms with Gasteiger partial charge in [-0.15, -0.1) is 22.7 Å². The zero-order valence-corrected chi connectivity index (χ0v) is 31.1. The Hall–Kier alpha value is -4.38. The van der Waals surface area contributed by atoms with Crippen LogP contribution in [0.4, 0.5) is 0 Å². The summed E-state index contributed by atoms with van der Waals surface area (Å²) < 4.78 is 0. The molecule has 2 nitrogen and oxygen atoms in total. The van der Waals surface area contributed by atoms with E-state index in [4.69, 9.17) is 9.97 Å². The molecule has 0 aliphatic heterocycles. The Morgan fingerprint density at radius 3 is 1.36 bits per heavy atom. The van der Waals surface area contributed by atoms with Gasteiger partial charge in [-0.1, -0.05) is 113 Å². The molecular weight excluding hydrogens is 645 g/mol. The molecule has 6 rings (SSSR count). The molecule has 4 heteroatoms. The van der Waals surface area contributed by atoms with Crippen LogP contribution in [0.15, 0.2) is 122 Å². The number of pyridine rings is 2. The van der Waals surface area contributed by atoms with Gasteiger partial charge in [-0.05, 0) is 120 Å². The van der Waals surface area contributed by atoms with Crippen molar-refractivity contribution in [2.75, 3.05) is 0 Å². The SMILES string of the molecule is CCCCCCc1ccc(C(=Cc2ccccc2)c2ccnc(-c3cc(C(=Cc4ccccc4)c4ccc(CCCCCC)s4)ccn3)c2)s1. The van der Waals surface area contributed by atoms with E-state index in [0.29, 0.717) is 0 Å². The van der Waals surface area contributed by atoms with Crippen LogP contribution in [-0.2, 0) is 12.8 Å². The number of unbranched alkanes of at least 4 members (excludes halogenated alkanes) is 6. The van der Waals surface area contributed by atoms with Crippen molar-refractivity contribution in [3.8, 4) is 11.4 Å². The van der Waals surface area contributed by atoms with Crippen molar-refractivity contribution in [3.05, 3.63) is 163 Å². The summed E-state index contributed by atoms with van der Waals surface area (Å²) in [6, 6.07) is 39.2. The van der Waals surface area contributed by atoms with Crippen molar-refractivity contribution < 1.29 is 0 Å². The average Bonchev–Trinajstić information content (AvgIpc) is 3.84. The van der Waals surface area contributed by atoms with Gasteiger partial charge < -0.3 is 0 Å². The van der Waals surface area contributed by atoms with E-state index in [1.165, 1.54) is 93.1 Å². The monoisotopic (exact) mass is 692 g/mol. The van der Waals surface area contributed by atoms with Gasteiger partial charge in [-0.3, -0.25) is 9.97 Å². The summed E-state index contributed by atoms with van der Waals surface area (Å²) in [7, 11) is 0. The van der Waals surface area contributed by atoms with Gasteiger partial charge in [0.25, 0.3) is 0 Å². The molecule has 6 aromatic rings. The molecule has 0 saturated heterocycles. The van der Waals surface area contributed by atoms with Gasteiger partial charge in [0.05, 0.1) is 11.4 Å². The van der Waals surface area contributed by atoms with E-state index in [1.807, 2.05) is 35.1 Å². The second kappa shape index (κ2) is 18.6. The molecule has 4 heterocycles. The smallest absolute Gasteiger partial charge is 0.0892 e. The fraction of sp³-hybridized carbons (Fsp3) is 0.261. The number of hydrogen-bond acceptors (Lipinski definition) is 4. The van der Waals surface area contributed by atoms with Crippen LogP contribution >= 0.6 is 22.7 Å². The zero-order chi connectivity index (χ0) is 34.4. The van der Waals surface area contributed by atoms with Crippen LogP contribution in [0, 0.1) is 0 Å². The lowest BCUT2D eigenvalue weighted by Gasteiger charge is -2.11. The molecule has 0 bridgehead atoms. The van der Waals surface area contributed by atoms with Gasteiger partial charge in [-0.25, -0.2) is 0 Å². The first-order chi connectivity index (χ1) is 24.7. The minimum Gasteiger partial charge on any atom is -0.255 e. The van der Waals surface area contributed by atoms with Gasteiger partial charge in [-0.2, -0.15) is 0 Å². The van der Waals surface area contributed by atoms with Crippen molar-refractivity contribution in [1.29, 1.82) is 0 Å². The number of aryl methyl sites for hydroxylation is 2. The molecule has 0 radical (unpaired) electrons. The van der Waals surface area contributed by atoms with Crippen LogP contribution in [0.3, 0.4) is 0 Å². The topological polar surface area (TPSA) is 25.8 Å². The predicted octanol–water partition coefficient (Wildman–Crippen LogP) is 13.7. The van der Waals surface area contributed by atoms with Crippen LogP contribution in [0.2, 0.25) is 0 Å². The van der Waals surface area contributed by atoms with Crippen molar-refractivity contribution >= 4 is 46.0 Å². The maximum Gasteiger partial charge on any atom is 0.0892 e. The van der Waals surface area contributed by atoms with E-state index >= 15 is 0 Å². The fourth-order valence-corrected chi connectivity index (χ4v) is 8.44. The number of thiophene rings is 2. The molecule has 254 valence electrons. The largest absolute Gasteiger partial charge is 0.255 e. The van der Waals surface area contributed by atoms with Crippen LogP contribution < -0.4 is 0 Å². The van der Waals surface area contributed by atoms with E-state index in [0.717, 1.165) is 35.4 Å². The molecular formula is C46H48N2S2. The second-order valence-electron chi connectivity index (χ2n) is 13.0. The third kappa shape index (κ3) is 9.87. The fourth-order valence-electron chi connectivity index (χ4n) is 6.27. The van der Waals surface area contributed by atoms with Gasteiger partial charge in [0, 0.05) is 31.9 Å². The molecule has 0 saturated carbocycles. The molecule has 0 unspecified atom stereocenters. The quantitative estimate of drug-likeness (QED) is 0.0889. The lowest BCUT2D eigenvalue weighted by atomic mass is 9.99. The third-order valence-electron chi connectivity index (χ3n) is 9.03. The summed E-state index contributed by atoms with van der Waals surface area (Å²) in [6.45, 7) is 4.54. The molecule has 0 amide bonds. The average molecular weight is 693 g/mol. The molecule has 0 aliphatic carbocycles. The highest BCUT2D eigenvalue weighted by Gasteiger charge is 2.15.